The summed E-state index contributed by atoms with van der Waals surface area (Å²) in [7, 11) is 1.39. The summed E-state index contributed by atoms with van der Waals surface area (Å²) in [6.45, 7) is 1.63. The van der Waals surface area contributed by atoms with Gasteiger partial charge in [-0.05, 0) is 36.6 Å². The number of carbonyl (C=O) groups is 1. The van der Waals surface area contributed by atoms with Crippen molar-refractivity contribution in [3.05, 3.63) is 54.2 Å². The van der Waals surface area contributed by atoms with E-state index < -0.39 is 9.84 Å². The smallest absolute Gasteiger partial charge is 0.229 e. The van der Waals surface area contributed by atoms with Crippen LogP contribution in [0.2, 0.25) is 0 Å². The van der Waals surface area contributed by atoms with Gasteiger partial charge in [0.2, 0.25) is 17.6 Å². The fraction of sp³-hybridized carbons (Fsp3) is 0.370. The van der Waals surface area contributed by atoms with E-state index in [2.05, 4.69) is 25.5 Å². The van der Waals surface area contributed by atoms with E-state index in [-0.39, 0.29) is 16.7 Å². The summed E-state index contributed by atoms with van der Waals surface area (Å²) in [5.41, 5.74) is 1.50. The molecule has 4 rings (SSSR count). The molecule has 1 aliphatic heterocycles. The standard InChI is InChI=1S/C27H33N5O6S/c1-36-22-14-20(15-23(37-2)25(22)38-3)30-27-28-12-11-24(31-27)32-13-5-6-19(17-32)26(33)29-16-18-7-9-21(10-8-18)39(4,34)35/h7-12,14-15,19H,5-6,13,16-17H2,1-4H3,(H,29,33)(H,28,30,31)/t19-/m0/s1. The lowest BCUT2D eigenvalue weighted by Crippen LogP contribution is -2.43. The normalized spacial score (nSPS) is 15.4. The Balaban J connectivity index is 1.40. The predicted octanol–water partition coefficient (Wildman–Crippen LogP) is 3.18. The first-order valence-corrected chi connectivity index (χ1v) is 14.3. The molecule has 1 aliphatic rings. The van der Waals surface area contributed by atoms with Gasteiger partial charge in [0.05, 0.1) is 32.1 Å². The van der Waals surface area contributed by atoms with Gasteiger partial charge in [-0.2, -0.15) is 4.98 Å². The van der Waals surface area contributed by atoms with Crippen molar-refractivity contribution in [3.8, 4) is 17.2 Å². The molecule has 11 nitrogen and oxygen atoms in total. The van der Waals surface area contributed by atoms with Crippen LogP contribution in [0.1, 0.15) is 18.4 Å². The molecule has 3 aromatic rings. The highest BCUT2D eigenvalue weighted by Gasteiger charge is 2.27. The van der Waals surface area contributed by atoms with Crippen LogP contribution in [-0.2, 0) is 21.2 Å². The highest BCUT2D eigenvalue weighted by Crippen LogP contribution is 2.40. The molecule has 1 fully saturated rings. The van der Waals surface area contributed by atoms with E-state index >= 15 is 0 Å². The molecule has 2 heterocycles. The Hall–Kier alpha value is -4.06. The van der Waals surface area contributed by atoms with Gasteiger partial charge >= 0.3 is 0 Å². The number of anilines is 3. The van der Waals surface area contributed by atoms with E-state index in [0.717, 1.165) is 24.9 Å². The molecule has 1 saturated heterocycles. The second-order valence-electron chi connectivity index (χ2n) is 9.20. The highest BCUT2D eigenvalue weighted by atomic mass is 32.2. The van der Waals surface area contributed by atoms with Crippen molar-refractivity contribution in [2.24, 2.45) is 5.92 Å². The number of amides is 1. The van der Waals surface area contributed by atoms with E-state index in [9.17, 15) is 13.2 Å². The number of hydrogen-bond donors (Lipinski definition) is 2. The van der Waals surface area contributed by atoms with Gasteiger partial charge in [-0.3, -0.25) is 4.79 Å². The maximum absolute atomic E-state index is 12.9. The molecule has 12 heteroatoms. The van der Waals surface area contributed by atoms with Crippen molar-refractivity contribution >= 4 is 33.2 Å². The van der Waals surface area contributed by atoms with Crippen molar-refractivity contribution in [1.29, 1.82) is 0 Å². The maximum Gasteiger partial charge on any atom is 0.229 e. The Morgan fingerprint density at radius 1 is 1.05 bits per heavy atom. The van der Waals surface area contributed by atoms with Crippen LogP contribution in [-0.4, -0.2) is 65.0 Å². The number of carbonyl (C=O) groups excluding carboxylic acids is 1. The van der Waals surface area contributed by atoms with Gasteiger partial charge < -0.3 is 29.7 Å². The number of nitrogens with zero attached hydrogens (tertiary/aromatic N) is 3. The van der Waals surface area contributed by atoms with Crippen LogP contribution in [0.5, 0.6) is 17.2 Å². The number of benzene rings is 2. The van der Waals surface area contributed by atoms with Crippen LogP contribution in [0.25, 0.3) is 0 Å². The fourth-order valence-electron chi connectivity index (χ4n) is 4.46. The molecule has 0 bridgehead atoms. The van der Waals surface area contributed by atoms with Crippen molar-refractivity contribution in [2.45, 2.75) is 24.3 Å². The molecular formula is C27H33N5O6S. The number of rotatable bonds is 10. The third kappa shape index (κ3) is 6.88. The van der Waals surface area contributed by atoms with Gasteiger partial charge in [0.15, 0.2) is 21.3 Å². The number of hydrogen-bond acceptors (Lipinski definition) is 10. The van der Waals surface area contributed by atoms with Crippen LogP contribution in [0.4, 0.5) is 17.5 Å². The van der Waals surface area contributed by atoms with Gasteiger partial charge in [-0.25, -0.2) is 13.4 Å². The minimum absolute atomic E-state index is 0.0447. The van der Waals surface area contributed by atoms with E-state index in [1.165, 1.54) is 6.26 Å². The Bertz CT molecular complexity index is 1390. The number of sulfone groups is 1. The molecule has 0 aliphatic carbocycles. The summed E-state index contributed by atoms with van der Waals surface area (Å²) in [5, 5.41) is 6.17. The lowest BCUT2D eigenvalue weighted by atomic mass is 9.97. The van der Waals surface area contributed by atoms with Crippen LogP contribution < -0.4 is 29.7 Å². The second kappa shape index (κ2) is 12.2. The Morgan fingerprint density at radius 2 is 1.74 bits per heavy atom. The summed E-state index contributed by atoms with van der Waals surface area (Å²) in [5.74, 6) is 2.37. The van der Waals surface area contributed by atoms with Crippen LogP contribution in [0, 0.1) is 5.92 Å². The molecular weight excluding hydrogens is 522 g/mol. The number of piperidine rings is 1. The highest BCUT2D eigenvalue weighted by molar-refractivity contribution is 7.90. The third-order valence-corrected chi connectivity index (χ3v) is 7.62. The summed E-state index contributed by atoms with van der Waals surface area (Å²) in [4.78, 5) is 24.3. The van der Waals surface area contributed by atoms with Crippen molar-refractivity contribution in [1.82, 2.24) is 15.3 Å². The fourth-order valence-corrected chi connectivity index (χ4v) is 5.09. The van der Waals surface area contributed by atoms with Crippen molar-refractivity contribution < 1.29 is 27.4 Å². The summed E-state index contributed by atoms with van der Waals surface area (Å²) in [6.07, 6.45) is 4.47. The lowest BCUT2D eigenvalue weighted by molar-refractivity contribution is -0.125. The summed E-state index contributed by atoms with van der Waals surface area (Å²) in [6, 6.07) is 11.9. The summed E-state index contributed by atoms with van der Waals surface area (Å²) >= 11 is 0. The predicted molar refractivity (Wildman–Crippen MR) is 148 cm³/mol. The SMILES string of the molecule is COc1cc(Nc2nccc(N3CCC[C@H](C(=O)NCc4ccc(S(C)(=O)=O)cc4)C3)n2)cc(OC)c1OC. The molecule has 0 saturated carbocycles. The molecule has 39 heavy (non-hydrogen) atoms. The zero-order valence-electron chi connectivity index (χ0n) is 22.4. The van der Waals surface area contributed by atoms with E-state index in [0.29, 0.717) is 47.8 Å². The zero-order valence-corrected chi connectivity index (χ0v) is 23.2. The molecule has 1 aromatic heterocycles. The van der Waals surface area contributed by atoms with Crippen LogP contribution >= 0.6 is 0 Å². The second-order valence-corrected chi connectivity index (χ2v) is 11.2. The Kier molecular flexibility index (Phi) is 8.75. The largest absolute Gasteiger partial charge is 0.493 e. The number of aromatic nitrogens is 2. The van der Waals surface area contributed by atoms with Gasteiger partial charge in [0.25, 0.3) is 0 Å². The van der Waals surface area contributed by atoms with Gasteiger partial charge in [-0.15, -0.1) is 0 Å². The molecule has 0 radical (unpaired) electrons. The molecule has 2 aromatic carbocycles. The van der Waals surface area contributed by atoms with E-state index in [1.54, 1.807) is 63.9 Å². The molecule has 1 amide bonds. The van der Waals surface area contributed by atoms with Crippen LogP contribution in [0.3, 0.4) is 0 Å². The monoisotopic (exact) mass is 555 g/mol. The van der Waals surface area contributed by atoms with Gasteiger partial charge in [0, 0.05) is 49.9 Å². The van der Waals surface area contributed by atoms with E-state index in [1.807, 2.05) is 6.07 Å². The van der Waals surface area contributed by atoms with Crippen molar-refractivity contribution in [3.63, 3.8) is 0 Å². The first-order chi connectivity index (χ1) is 18.7. The topological polar surface area (TPSA) is 132 Å². The number of methoxy groups -OCH3 is 3. The van der Waals surface area contributed by atoms with Gasteiger partial charge in [-0.1, -0.05) is 12.1 Å². The molecule has 1 atom stereocenters. The number of ether oxygens (including phenoxy) is 3. The quantitative estimate of drug-likeness (QED) is 0.384. The number of nitrogens with one attached hydrogen (secondary N) is 2. The molecule has 0 spiro atoms. The van der Waals surface area contributed by atoms with E-state index in [4.69, 9.17) is 14.2 Å². The Morgan fingerprint density at radius 3 is 2.36 bits per heavy atom. The Labute approximate surface area is 228 Å². The third-order valence-electron chi connectivity index (χ3n) is 6.50. The molecule has 208 valence electrons. The average Bonchev–Trinajstić information content (AvgIpc) is 2.95. The molecule has 2 N–H and O–H groups in total. The first kappa shape index (κ1) is 28.0. The van der Waals surface area contributed by atoms with Gasteiger partial charge in [0.1, 0.15) is 5.82 Å². The van der Waals surface area contributed by atoms with Crippen molar-refractivity contribution in [2.75, 3.05) is 50.9 Å². The summed E-state index contributed by atoms with van der Waals surface area (Å²) < 4.78 is 39.5. The van der Waals surface area contributed by atoms with Crippen LogP contribution in [0.15, 0.2) is 53.6 Å². The maximum atomic E-state index is 12.9. The lowest BCUT2D eigenvalue weighted by Gasteiger charge is -2.33. The zero-order chi connectivity index (χ0) is 28.0. The first-order valence-electron chi connectivity index (χ1n) is 12.4. The average molecular weight is 556 g/mol. The molecule has 0 unspecified atom stereocenters. The minimum Gasteiger partial charge on any atom is -0.493 e. The minimum atomic E-state index is -3.25.